The van der Waals surface area contributed by atoms with Crippen molar-refractivity contribution >= 4 is 32.7 Å². The molecule has 3 aromatic rings. The fourth-order valence-corrected chi connectivity index (χ4v) is 5.51. The summed E-state index contributed by atoms with van der Waals surface area (Å²) >= 11 is 0. The Balaban J connectivity index is 1.54. The molecule has 0 aliphatic carbocycles. The zero-order valence-electron chi connectivity index (χ0n) is 19.4. The highest BCUT2D eigenvalue weighted by atomic mass is 32.2. The van der Waals surface area contributed by atoms with Crippen LogP contribution in [-0.2, 0) is 32.5 Å². The summed E-state index contributed by atoms with van der Waals surface area (Å²) in [6, 6.07) is 9.64. The second-order valence-corrected chi connectivity index (χ2v) is 10.3. The number of morpholine rings is 1. The summed E-state index contributed by atoms with van der Waals surface area (Å²) in [6.07, 6.45) is 1.33. The number of sulfonamides is 1. The second-order valence-electron chi connectivity index (χ2n) is 8.38. The molecule has 0 bridgehead atoms. The summed E-state index contributed by atoms with van der Waals surface area (Å²) in [6.45, 7) is 5.93. The van der Waals surface area contributed by atoms with Crippen molar-refractivity contribution in [3.8, 4) is 0 Å². The summed E-state index contributed by atoms with van der Waals surface area (Å²) in [5, 5.41) is 2.61. The molecule has 0 spiro atoms. The maximum Gasteiger partial charge on any atom is 0.243 e. The molecule has 1 fully saturated rings. The van der Waals surface area contributed by atoms with Crippen molar-refractivity contribution in [2.75, 3.05) is 31.6 Å². The minimum atomic E-state index is -3.63. The predicted octanol–water partition coefficient (Wildman–Crippen LogP) is 3.49. The molecular weight excluding hydrogens is 459 g/mol. The van der Waals surface area contributed by atoms with E-state index in [9.17, 15) is 17.6 Å². The van der Waals surface area contributed by atoms with Crippen molar-refractivity contribution in [1.82, 2.24) is 13.9 Å². The van der Waals surface area contributed by atoms with Gasteiger partial charge in [-0.2, -0.15) is 4.31 Å². The first-order chi connectivity index (χ1) is 16.3. The van der Waals surface area contributed by atoms with Gasteiger partial charge in [-0.3, -0.25) is 4.79 Å². The lowest BCUT2D eigenvalue weighted by Gasteiger charge is -2.26. The van der Waals surface area contributed by atoms with Crippen LogP contribution in [0.4, 0.5) is 10.1 Å². The molecule has 182 valence electrons. The fraction of sp³-hybridized carbons (Fsp3) is 0.417. The van der Waals surface area contributed by atoms with E-state index in [-0.39, 0.29) is 22.9 Å². The minimum Gasteiger partial charge on any atom is -0.379 e. The molecule has 1 aliphatic heterocycles. The van der Waals surface area contributed by atoms with E-state index in [2.05, 4.69) is 10.3 Å². The molecule has 1 aromatic heterocycles. The first kappa shape index (κ1) is 24.3. The van der Waals surface area contributed by atoms with Crippen molar-refractivity contribution in [2.24, 2.45) is 0 Å². The highest BCUT2D eigenvalue weighted by Gasteiger charge is 2.27. The van der Waals surface area contributed by atoms with Crippen LogP contribution in [0.5, 0.6) is 0 Å². The van der Waals surface area contributed by atoms with E-state index in [1.807, 2.05) is 11.5 Å². The average Bonchev–Trinajstić information content (AvgIpc) is 3.17. The van der Waals surface area contributed by atoms with E-state index in [1.54, 1.807) is 37.3 Å². The highest BCUT2D eigenvalue weighted by Crippen LogP contribution is 2.25. The van der Waals surface area contributed by atoms with Gasteiger partial charge in [-0.25, -0.2) is 17.8 Å². The standard InChI is InChI=1S/C24H29FN4O4S/c1-3-10-29-22-7-5-18(34(31,32)28-11-13-33-14-12-28)16-21(22)26-23(29)8-9-24(30)27-20-6-4-17(2)15-19(20)25/h4-7,15-16H,3,8-14H2,1-2H3,(H,27,30). The van der Waals surface area contributed by atoms with Gasteiger partial charge in [-0.05, 0) is 49.2 Å². The van der Waals surface area contributed by atoms with Gasteiger partial charge >= 0.3 is 0 Å². The van der Waals surface area contributed by atoms with E-state index >= 15 is 0 Å². The summed E-state index contributed by atoms with van der Waals surface area (Å²) < 4.78 is 48.8. The van der Waals surface area contributed by atoms with E-state index in [1.165, 1.54) is 10.4 Å². The molecule has 0 atom stereocenters. The Morgan fingerprint density at radius 1 is 1.18 bits per heavy atom. The van der Waals surface area contributed by atoms with Crippen molar-refractivity contribution < 1.29 is 22.3 Å². The van der Waals surface area contributed by atoms with Gasteiger partial charge in [0, 0.05) is 32.5 Å². The molecule has 1 amide bonds. The van der Waals surface area contributed by atoms with Crippen LogP contribution < -0.4 is 5.32 Å². The van der Waals surface area contributed by atoms with E-state index < -0.39 is 15.8 Å². The fourth-order valence-electron chi connectivity index (χ4n) is 4.08. The molecular formula is C24H29FN4O4S. The zero-order valence-corrected chi connectivity index (χ0v) is 20.2. The zero-order chi connectivity index (χ0) is 24.3. The highest BCUT2D eigenvalue weighted by molar-refractivity contribution is 7.89. The number of carbonyl (C=O) groups is 1. The monoisotopic (exact) mass is 488 g/mol. The molecule has 10 heteroatoms. The van der Waals surface area contributed by atoms with Crippen LogP contribution in [0, 0.1) is 12.7 Å². The Bertz CT molecular complexity index is 1300. The summed E-state index contributed by atoms with van der Waals surface area (Å²) in [4.78, 5) is 17.3. The molecule has 0 unspecified atom stereocenters. The summed E-state index contributed by atoms with van der Waals surface area (Å²) in [5.41, 5.74) is 2.32. The number of carbonyl (C=O) groups excluding carboxylic acids is 1. The number of fused-ring (bicyclic) bond motifs is 1. The van der Waals surface area contributed by atoms with Gasteiger partial charge in [0.25, 0.3) is 0 Å². The van der Waals surface area contributed by atoms with Crippen LogP contribution in [0.15, 0.2) is 41.3 Å². The molecule has 2 aromatic carbocycles. The topological polar surface area (TPSA) is 93.5 Å². The quantitative estimate of drug-likeness (QED) is 0.524. The first-order valence-electron chi connectivity index (χ1n) is 11.4. The third-order valence-corrected chi connectivity index (χ3v) is 7.72. The number of hydrogen-bond donors (Lipinski definition) is 1. The summed E-state index contributed by atoms with van der Waals surface area (Å²) in [5.74, 6) is -0.0914. The lowest BCUT2D eigenvalue weighted by Crippen LogP contribution is -2.40. The minimum absolute atomic E-state index is 0.124. The first-order valence-corrected chi connectivity index (χ1v) is 12.9. The number of halogens is 1. The Hall–Kier alpha value is -2.82. The average molecular weight is 489 g/mol. The number of anilines is 1. The molecule has 2 heterocycles. The lowest BCUT2D eigenvalue weighted by molar-refractivity contribution is -0.116. The summed E-state index contributed by atoms with van der Waals surface area (Å²) in [7, 11) is -3.63. The van der Waals surface area contributed by atoms with Gasteiger partial charge in [0.2, 0.25) is 15.9 Å². The number of nitrogens with one attached hydrogen (secondary N) is 1. The molecule has 8 nitrogen and oxygen atoms in total. The molecule has 4 rings (SSSR count). The smallest absolute Gasteiger partial charge is 0.243 e. The predicted molar refractivity (Wildman–Crippen MR) is 128 cm³/mol. The largest absolute Gasteiger partial charge is 0.379 e. The molecule has 0 radical (unpaired) electrons. The number of nitrogens with zero attached hydrogens (tertiary/aromatic N) is 3. The van der Waals surface area contributed by atoms with Gasteiger partial charge in [-0.1, -0.05) is 13.0 Å². The Kier molecular flexibility index (Phi) is 7.30. The SMILES string of the molecule is CCCn1c(CCC(=O)Nc2ccc(C)cc2F)nc2cc(S(=O)(=O)N3CCOCC3)ccc21. The number of aromatic nitrogens is 2. The van der Waals surface area contributed by atoms with Gasteiger partial charge in [0.05, 0.1) is 34.8 Å². The van der Waals surface area contributed by atoms with Crippen molar-refractivity contribution in [1.29, 1.82) is 0 Å². The maximum absolute atomic E-state index is 14.1. The Labute approximate surface area is 198 Å². The molecule has 34 heavy (non-hydrogen) atoms. The maximum atomic E-state index is 14.1. The van der Waals surface area contributed by atoms with Crippen LogP contribution in [0.25, 0.3) is 11.0 Å². The second kappa shape index (κ2) is 10.2. The Morgan fingerprint density at radius 3 is 2.65 bits per heavy atom. The van der Waals surface area contributed by atoms with Crippen LogP contribution in [-0.4, -0.2) is 54.5 Å². The van der Waals surface area contributed by atoms with Gasteiger partial charge < -0.3 is 14.6 Å². The van der Waals surface area contributed by atoms with Crippen LogP contribution in [0.1, 0.15) is 31.2 Å². The molecule has 1 aliphatic rings. The van der Waals surface area contributed by atoms with Crippen LogP contribution in [0.3, 0.4) is 0 Å². The van der Waals surface area contributed by atoms with E-state index in [0.717, 1.165) is 17.5 Å². The lowest BCUT2D eigenvalue weighted by atomic mass is 10.2. The molecule has 1 N–H and O–H groups in total. The molecule has 0 saturated carbocycles. The van der Waals surface area contributed by atoms with Crippen molar-refractivity contribution in [3.63, 3.8) is 0 Å². The molecule has 1 saturated heterocycles. The number of rotatable bonds is 8. The number of benzene rings is 2. The Morgan fingerprint density at radius 2 is 1.94 bits per heavy atom. The van der Waals surface area contributed by atoms with Crippen LogP contribution in [0.2, 0.25) is 0 Å². The normalized spacial score (nSPS) is 15.0. The number of hydrogen-bond acceptors (Lipinski definition) is 5. The number of aryl methyl sites for hydroxylation is 3. The van der Waals surface area contributed by atoms with Gasteiger partial charge in [0.1, 0.15) is 11.6 Å². The third-order valence-electron chi connectivity index (χ3n) is 5.83. The van der Waals surface area contributed by atoms with E-state index in [4.69, 9.17) is 4.74 Å². The van der Waals surface area contributed by atoms with E-state index in [0.29, 0.717) is 50.6 Å². The number of ether oxygens (including phenoxy) is 1. The number of amides is 1. The van der Waals surface area contributed by atoms with Gasteiger partial charge in [0.15, 0.2) is 0 Å². The van der Waals surface area contributed by atoms with Crippen LogP contribution >= 0.6 is 0 Å². The van der Waals surface area contributed by atoms with Gasteiger partial charge in [-0.15, -0.1) is 0 Å². The van der Waals surface area contributed by atoms with Crippen molar-refractivity contribution in [3.05, 3.63) is 53.6 Å². The van der Waals surface area contributed by atoms with Crippen molar-refractivity contribution in [2.45, 2.75) is 44.6 Å². The third kappa shape index (κ3) is 5.13. The number of imidazole rings is 1.